The number of anilines is 1. The molecule has 2 N–H and O–H groups in total. The zero-order chi connectivity index (χ0) is 23.3. The second-order valence-corrected chi connectivity index (χ2v) is 9.70. The number of benzene rings is 3. The number of carbonyl (C=O) groups excluding carboxylic acids is 1. The Balaban J connectivity index is 1.56. The van der Waals surface area contributed by atoms with Crippen LogP contribution >= 0.6 is 11.6 Å². The summed E-state index contributed by atoms with van der Waals surface area (Å²) < 4.78 is 33.4. The van der Waals surface area contributed by atoms with Crippen molar-refractivity contribution in [2.45, 2.75) is 31.7 Å². The molecule has 0 unspecified atom stereocenters. The minimum Gasteiger partial charge on any atom is -0.484 e. The van der Waals surface area contributed by atoms with E-state index in [0.717, 1.165) is 16.7 Å². The number of nitrogens with one attached hydrogen (secondary N) is 2. The van der Waals surface area contributed by atoms with Gasteiger partial charge in [0.2, 0.25) is 0 Å². The van der Waals surface area contributed by atoms with Crippen molar-refractivity contribution in [1.82, 2.24) is 5.32 Å². The standard InChI is InChI=1S/C24H25ClN2O4S/c1-16-12-17(2)14-21(13-16)27-32(29,30)23-10-8-22(9-11-23)31-15-24(28)26-18(3)19-4-6-20(25)7-5-19/h4-14,18,27H,15H2,1-3H3,(H,26,28)/t18-/m0/s1. The first-order valence-corrected chi connectivity index (χ1v) is 11.9. The molecule has 0 aromatic heterocycles. The summed E-state index contributed by atoms with van der Waals surface area (Å²) in [5, 5.41) is 3.47. The van der Waals surface area contributed by atoms with Crippen LogP contribution in [-0.2, 0) is 14.8 Å². The molecule has 0 saturated carbocycles. The van der Waals surface area contributed by atoms with E-state index in [4.69, 9.17) is 16.3 Å². The molecule has 0 spiro atoms. The highest BCUT2D eigenvalue weighted by atomic mass is 35.5. The highest BCUT2D eigenvalue weighted by molar-refractivity contribution is 7.92. The number of rotatable bonds is 8. The van der Waals surface area contributed by atoms with Crippen LogP contribution in [0, 0.1) is 13.8 Å². The summed E-state index contributed by atoms with van der Waals surface area (Å²) in [4.78, 5) is 12.3. The van der Waals surface area contributed by atoms with Gasteiger partial charge in [0.15, 0.2) is 6.61 Å². The van der Waals surface area contributed by atoms with E-state index in [-0.39, 0.29) is 23.5 Å². The molecule has 0 aliphatic carbocycles. The number of ether oxygens (including phenoxy) is 1. The number of halogens is 1. The van der Waals surface area contributed by atoms with Crippen molar-refractivity contribution in [2.24, 2.45) is 0 Å². The third-order valence-electron chi connectivity index (χ3n) is 4.73. The smallest absolute Gasteiger partial charge is 0.261 e. The quantitative estimate of drug-likeness (QED) is 0.482. The second-order valence-electron chi connectivity index (χ2n) is 7.58. The molecule has 3 aromatic rings. The largest absolute Gasteiger partial charge is 0.484 e. The fraction of sp³-hybridized carbons (Fsp3) is 0.208. The summed E-state index contributed by atoms with van der Waals surface area (Å²) in [6.07, 6.45) is 0. The maximum absolute atomic E-state index is 12.7. The number of hydrogen-bond acceptors (Lipinski definition) is 4. The van der Waals surface area contributed by atoms with Crippen LogP contribution in [0.15, 0.2) is 71.6 Å². The van der Waals surface area contributed by atoms with Gasteiger partial charge in [-0.2, -0.15) is 0 Å². The second kappa shape index (κ2) is 10.1. The van der Waals surface area contributed by atoms with Crippen molar-refractivity contribution >= 4 is 33.2 Å². The molecule has 8 heteroatoms. The highest BCUT2D eigenvalue weighted by Gasteiger charge is 2.15. The van der Waals surface area contributed by atoms with Crippen LogP contribution in [0.1, 0.15) is 29.7 Å². The molecule has 3 rings (SSSR count). The van der Waals surface area contributed by atoms with Gasteiger partial charge >= 0.3 is 0 Å². The zero-order valence-corrected chi connectivity index (χ0v) is 19.6. The van der Waals surface area contributed by atoms with Crippen LogP contribution in [0.4, 0.5) is 5.69 Å². The van der Waals surface area contributed by atoms with Crippen molar-refractivity contribution in [1.29, 1.82) is 0 Å². The average molecular weight is 473 g/mol. The first-order chi connectivity index (χ1) is 15.1. The van der Waals surface area contributed by atoms with Crippen LogP contribution in [0.3, 0.4) is 0 Å². The molecule has 0 aliphatic rings. The molecule has 3 aromatic carbocycles. The fourth-order valence-corrected chi connectivity index (χ4v) is 4.40. The maximum atomic E-state index is 12.7. The summed E-state index contributed by atoms with van der Waals surface area (Å²) >= 11 is 5.88. The number of hydrogen-bond donors (Lipinski definition) is 2. The number of amides is 1. The van der Waals surface area contributed by atoms with Gasteiger partial charge in [-0.25, -0.2) is 8.42 Å². The molecule has 0 aliphatic heterocycles. The Hall–Kier alpha value is -3.03. The van der Waals surface area contributed by atoms with Crippen LogP contribution in [0.5, 0.6) is 5.75 Å². The van der Waals surface area contributed by atoms with Gasteiger partial charge in [-0.1, -0.05) is 29.8 Å². The van der Waals surface area contributed by atoms with E-state index in [1.807, 2.05) is 39.0 Å². The van der Waals surface area contributed by atoms with E-state index in [0.29, 0.717) is 16.5 Å². The Kier molecular flexibility index (Phi) is 7.43. The number of aryl methyl sites for hydroxylation is 2. The zero-order valence-electron chi connectivity index (χ0n) is 18.1. The molecular weight excluding hydrogens is 448 g/mol. The Morgan fingerprint density at radius 1 is 0.969 bits per heavy atom. The van der Waals surface area contributed by atoms with Crippen molar-refractivity contribution < 1.29 is 17.9 Å². The molecule has 168 valence electrons. The van der Waals surface area contributed by atoms with Gasteiger partial charge in [0.05, 0.1) is 10.9 Å². The van der Waals surface area contributed by atoms with E-state index in [1.54, 1.807) is 24.3 Å². The monoisotopic (exact) mass is 472 g/mol. The van der Waals surface area contributed by atoms with Crippen LogP contribution in [-0.4, -0.2) is 20.9 Å². The lowest BCUT2D eigenvalue weighted by Gasteiger charge is -2.15. The normalized spacial score (nSPS) is 12.1. The van der Waals surface area contributed by atoms with Crippen LogP contribution in [0.2, 0.25) is 5.02 Å². The van der Waals surface area contributed by atoms with Crippen molar-refractivity contribution in [3.63, 3.8) is 0 Å². The lowest BCUT2D eigenvalue weighted by atomic mass is 10.1. The van der Waals surface area contributed by atoms with E-state index in [2.05, 4.69) is 10.0 Å². The molecule has 0 heterocycles. The summed E-state index contributed by atoms with van der Waals surface area (Å²) in [6.45, 7) is 5.49. The molecule has 0 fully saturated rings. The van der Waals surface area contributed by atoms with E-state index in [9.17, 15) is 13.2 Å². The van der Waals surface area contributed by atoms with Gasteiger partial charge < -0.3 is 10.1 Å². The fourth-order valence-electron chi connectivity index (χ4n) is 3.23. The van der Waals surface area contributed by atoms with E-state index < -0.39 is 10.0 Å². The molecule has 1 amide bonds. The Bertz CT molecular complexity index is 1170. The minimum absolute atomic E-state index is 0.102. The highest BCUT2D eigenvalue weighted by Crippen LogP contribution is 2.21. The molecular formula is C24H25ClN2O4S. The van der Waals surface area contributed by atoms with Crippen molar-refractivity contribution in [3.8, 4) is 5.75 Å². The number of sulfonamides is 1. The Labute approximate surface area is 193 Å². The lowest BCUT2D eigenvalue weighted by molar-refractivity contribution is -0.123. The van der Waals surface area contributed by atoms with Gasteiger partial charge in [0.25, 0.3) is 15.9 Å². The Morgan fingerprint density at radius 2 is 1.56 bits per heavy atom. The molecule has 32 heavy (non-hydrogen) atoms. The minimum atomic E-state index is -3.74. The van der Waals surface area contributed by atoms with E-state index >= 15 is 0 Å². The maximum Gasteiger partial charge on any atom is 0.261 e. The van der Waals surface area contributed by atoms with Crippen molar-refractivity contribution in [3.05, 3.63) is 88.4 Å². The molecule has 0 bridgehead atoms. The molecule has 1 atom stereocenters. The van der Waals surface area contributed by atoms with Gasteiger partial charge in [0.1, 0.15) is 5.75 Å². The van der Waals surface area contributed by atoms with Gasteiger partial charge in [-0.3, -0.25) is 9.52 Å². The van der Waals surface area contributed by atoms with Gasteiger partial charge in [0, 0.05) is 10.7 Å². The van der Waals surface area contributed by atoms with E-state index in [1.165, 1.54) is 24.3 Å². The summed E-state index contributed by atoms with van der Waals surface area (Å²) in [5.74, 6) is 0.102. The summed E-state index contributed by atoms with van der Waals surface area (Å²) in [5.41, 5.74) is 3.37. The summed E-state index contributed by atoms with van der Waals surface area (Å²) in [6, 6.07) is 18.4. The first-order valence-electron chi connectivity index (χ1n) is 10.0. The third kappa shape index (κ3) is 6.48. The molecule has 6 nitrogen and oxygen atoms in total. The molecule has 0 saturated heterocycles. The summed E-state index contributed by atoms with van der Waals surface area (Å²) in [7, 11) is -3.74. The predicted molar refractivity (Wildman–Crippen MR) is 127 cm³/mol. The van der Waals surface area contributed by atoms with Gasteiger partial charge in [-0.05, 0) is 86.0 Å². The third-order valence-corrected chi connectivity index (χ3v) is 6.37. The first kappa shape index (κ1) is 23.6. The van der Waals surface area contributed by atoms with Crippen molar-refractivity contribution in [2.75, 3.05) is 11.3 Å². The Morgan fingerprint density at radius 3 is 2.16 bits per heavy atom. The SMILES string of the molecule is Cc1cc(C)cc(NS(=O)(=O)c2ccc(OCC(=O)N[C@@H](C)c3ccc(Cl)cc3)cc2)c1. The molecule has 0 radical (unpaired) electrons. The lowest BCUT2D eigenvalue weighted by Crippen LogP contribution is -2.31. The predicted octanol–water partition coefficient (Wildman–Crippen LogP) is 5.01. The average Bonchev–Trinajstić information content (AvgIpc) is 2.72. The van der Waals surface area contributed by atoms with Crippen LogP contribution < -0.4 is 14.8 Å². The van der Waals surface area contributed by atoms with Gasteiger partial charge in [-0.15, -0.1) is 0 Å². The van der Waals surface area contributed by atoms with Crippen LogP contribution in [0.25, 0.3) is 0 Å². The number of carbonyl (C=O) groups is 1. The topological polar surface area (TPSA) is 84.5 Å².